The molecular formula is C28H25FN4O3. The molecule has 8 heteroatoms. The first kappa shape index (κ1) is 23.5. The van der Waals surface area contributed by atoms with Crippen molar-refractivity contribution in [1.82, 2.24) is 14.4 Å². The average molecular weight is 485 g/mol. The summed E-state index contributed by atoms with van der Waals surface area (Å²) in [6.07, 6.45) is 0.790. The lowest BCUT2D eigenvalue weighted by Crippen LogP contribution is -2.09. The second-order valence-electron chi connectivity index (χ2n) is 9.04. The third kappa shape index (κ3) is 3.88. The molecule has 0 radical (unpaired) electrons. The number of halogens is 1. The van der Waals surface area contributed by atoms with Gasteiger partial charge in [-0.05, 0) is 47.7 Å². The molecule has 0 aliphatic carbocycles. The van der Waals surface area contributed by atoms with Crippen molar-refractivity contribution in [2.75, 3.05) is 7.11 Å². The molecule has 0 bridgehead atoms. The van der Waals surface area contributed by atoms with Gasteiger partial charge in [0.25, 0.3) is 0 Å². The van der Waals surface area contributed by atoms with Gasteiger partial charge < -0.3 is 14.6 Å². The first-order valence-electron chi connectivity index (χ1n) is 11.6. The number of benzene rings is 2. The van der Waals surface area contributed by atoms with E-state index in [1.807, 2.05) is 32.0 Å². The number of hydrogen-bond donors (Lipinski definition) is 1. The van der Waals surface area contributed by atoms with Gasteiger partial charge in [-0.2, -0.15) is 10.2 Å². The van der Waals surface area contributed by atoms with Crippen molar-refractivity contribution < 1.29 is 19.0 Å². The van der Waals surface area contributed by atoms with E-state index in [0.717, 1.165) is 16.8 Å². The van der Waals surface area contributed by atoms with Gasteiger partial charge >= 0.3 is 0 Å². The fraction of sp³-hybridized carbons (Fsp3) is 0.250. The molecule has 2 aromatic heterocycles. The molecular weight excluding hydrogens is 459 g/mol. The summed E-state index contributed by atoms with van der Waals surface area (Å²) in [5, 5.41) is 21.2. The summed E-state index contributed by atoms with van der Waals surface area (Å²) in [6.45, 7) is 5.92. The Kier molecular flexibility index (Phi) is 5.94. The van der Waals surface area contributed by atoms with Gasteiger partial charge in [-0.25, -0.2) is 9.37 Å². The molecule has 1 unspecified atom stereocenters. The molecule has 0 amide bonds. The second kappa shape index (κ2) is 9.10. The molecule has 0 saturated heterocycles. The Balaban J connectivity index is 1.65. The van der Waals surface area contributed by atoms with Crippen LogP contribution in [0.25, 0.3) is 11.4 Å². The van der Waals surface area contributed by atoms with Crippen molar-refractivity contribution in [2.24, 2.45) is 0 Å². The SMILES string of the molecule is COc1ccn2c(C(O)c3ccc4c(c3)COc3cc(F)ccc3C4=C(C)C#N)c(C(C)C)nc2n1. The van der Waals surface area contributed by atoms with Crippen LogP contribution in [0.3, 0.4) is 0 Å². The van der Waals surface area contributed by atoms with Gasteiger partial charge in [0.2, 0.25) is 11.7 Å². The highest BCUT2D eigenvalue weighted by molar-refractivity contribution is 5.88. The quantitative estimate of drug-likeness (QED) is 0.394. The van der Waals surface area contributed by atoms with Gasteiger partial charge in [0.05, 0.1) is 24.6 Å². The Labute approximate surface area is 208 Å². The minimum atomic E-state index is -0.995. The van der Waals surface area contributed by atoms with Gasteiger partial charge in [-0.3, -0.25) is 4.40 Å². The molecule has 182 valence electrons. The van der Waals surface area contributed by atoms with Crippen LogP contribution in [0.1, 0.15) is 66.4 Å². The zero-order valence-electron chi connectivity index (χ0n) is 20.4. The van der Waals surface area contributed by atoms with Crippen LogP contribution in [0.15, 0.2) is 54.2 Å². The van der Waals surface area contributed by atoms with Gasteiger partial charge in [0, 0.05) is 35.0 Å². The van der Waals surface area contributed by atoms with Gasteiger partial charge in [-0.1, -0.05) is 26.0 Å². The zero-order chi connectivity index (χ0) is 25.6. The van der Waals surface area contributed by atoms with Crippen molar-refractivity contribution in [2.45, 2.75) is 39.4 Å². The second-order valence-corrected chi connectivity index (χ2v) is 9.04. The smallest absolute Gasteiger partial charge is 0.237 e. The number of ether oxygens (including phenoxy) is 2. The normalized spacial score (nSPS) is 14.9. The largest absolute Gasteiger partial charge is 0.488 e. The highest BCUT2D eigenvalue weighted by Crippen LogP contribution is 2.40. The first-order chi connectivity index (χ1) is 17.3. The Bertz CT molecular complexity index is 1570. The summed E-state index contributed by atoms with van der Waals surface area (Å²) in [5.41, 5.74) is 5.44. The molecule has 5 rings (SSSR count). The Morgan fingerprint density at radius 1 is 1.17 bits per heavy atom. The Morgan fingerprint density at radius 2 is 1.94 bits per heavy atom. The lowest BCUT2D eigenvalue weighted by molar-refractivity contribution is 0.212. The fourth-order valence-electron chi connectivity index (χ4n) is 4.65. The molecule has 1 aliphatic rings. The van der Waals surface area contributed by atoms with E-state index in [1.54, 1.807) is 36.8 Å². The Morgan fingerprint density at radius 3 is 2.67 bits per heavy atom. The number of methoxy groups -OCH3 is 1. The molecule has 4 aromatic rings. The maximum Gasteiger partial charge on any atom is 0.237 e. The maximum atomic E-state index is 14.0. The summed E-state index contributed by atoms with van der Waals surface area (Å²) in [7, 11) is 1.54. The topological polar surface area (TPSA) is 92.7 Å². The molecule has 1 N–H and O–H groups in total. The van der Waals surface area contributed by atoms with Crippen molar-refractivity contribution in [1.29, 1.82) is 5.26 Å². The van der Waals surface area contributed by atoms with Crippen LogP contribution in [0.2, 0.25) is 0 Å². The molecule has 1 atom stereocenters. The number of imidazole rings is 1. The zero-order valence-corrected chi connectivity index (χ0v) is 20.4. The van der Waals surface area contributed by atoms with E-state index in [1.165, 1.54) is 12.1 Å². The van der Waals surface area contributed by atoms with E-state index in [-0.39, 0.29) is 12.5 Å². The lowest BCUT2D eigenvalue weighted by Gasteiger charge is -2.17. The van der Waals surface area contributed by atoms with E-state index < -0.39 is 11.9 Å². The highest BCUT2D eigenvalue weighted by Gasteiger charge is 2.27. The van der Waals surface area contributed by atoms with Gasteiger partial charge in [0.1, 0.15) is 24.3 Å². The van der Waals surface area contributed by atoms with E-state index in [2.05, 4.69) is 16.0 Å². The first-order valence-corrected chi connectivity index (χ1v) is 11.6. The molecule has 2 aromatic carbocycles. The Hall–Kier alpha value is -4.22. The predicted molar refractivity (Wildman–Crippen MR) is 132 cm³/mol. The molecule has 7 nitrogen and oxygen atoms in total. The molecule has 0 saturated carbocycles. The third-order valence-electron chi connectivity index (χ3n) is 6.40. The number of nitrogens with zero attached hydrogens (tertiary/aromatic N) is 4. The van der Waals surface area contributed by atoms with Gasteiger partial charge in [0.15, 0.2) is 0 Å². The number of nitriles is 1. The van der Waals surface area contributed by atoms with E-state index >= 15 is 0 Å². The summed E-state index contributed by atoms with van der Waals surface area (Å²) < 4.78 is 26.9. The summed E-state index contributed by atoms with van der Waals surface area (Å²) in [6, 6.07) is 13.8. The molecule has 3 heterocycles. The van der Waals surface area contributed by atoms with Crippen LogP contribution in [-0.4, -0.2) is 26.6 Å². The molecule has 0 fully saturated rings. The molecule has 1 aliphatic heterocycles. The number of fused-ring (bicyclic) bond motifs is 3. The molecule has 36 heavy (non-hydrogen) atoms. The van der Waals surface area contributed by atoms with Crippen molar-refractivity contribution >= 4 is 11.4 Å². The summed E-state index contributed by atoms with van der Waals surface area (Å²) in [5.74, 6) is 0.890. The van der Waals surface area contributed by atoms with Crippen LogP contribution in [-0.2, 0) is 6.61 Å². The highest BCUT2D eigenvalue weighted by atomic mass is 19.1. The number of aliphatic hydroxyl groups is 1. The van der Waals surface area contributed by atoms with Crippen LogP contribution in [0.5, 0.6) is 11.6 Å². The van der Waals surface area contributed by atoms with Gasteiger partial charge in [-0.15, -0.1) is 0 Å². The van der Waals surface area contributed by atoms with E-state index in [0.29, 0.717) is 45.4 Å². The van der Waals surface area contributed by atoms with Crippen LogP contribution in [0.4, 0.5) is 4.39 Å². The van der Waals surface area contributed by atoms with Crippen LogP contribution in [0, 0.1) is 17.1 Å². The van der Waals surface area contributed by atoms with Crippen molar-refractivity contribution in [3.05, 3.63) is 93.7 Å². The van der Waals surface area contributed by atoms with Crippen molar-refractivity contribution in [3.63, 3.8) is 0 Å². The number of allylic oxidation sites excluding steroid dienone is 1. The van der Waals surface area contributed by atoms with Crippen molar-refractivity contribution in [3.8, 4) is 17.7 Å². The molecule has 0 spiro atoms. The number of aromatic nitrogens is 3. The summed E-state index contributed by atoms with van der Waals surface area (Å²) in [4.78, 5) is 9.08. The number of aliphatic hydroxyl groups excluding tert-OH is 1. The standard InChI is InChI=1S/C28H25FN4O3/c1-15(2)25-26(33-10-9-23(35-4)31-28(33)32-25)27(34)17-5-7-20-18(11-17)14-36-22-12-19(29)6-8-21(22)24(20)16(3)13-30/h5-12,15,27,34H,14H2,1-4H3. The number of hydrogen-bond acceptors (Lipinski definition) is 6. The van der Waals surface area contributed by atoms with Crippen LogP contribution < -0.4 is 9.47 Å². The lowest BCUT2D eigenvalue weighted by atomic mass is 9.89. The number of rotatable bonds is 4. The fourth-order valence-corrected chi connectivity index (χ4v) is 4.65. The minimum absolute atomic E-state index is 0.0451. The predicted octanol–water partition coefficient (Wildman–Crippen LogP) is 5.32. The maximum absolute atomic E-state index is 14.0. The summed E-state index contributed by atoms with van der Waals surface area (Å²) >= 11 is 0. The van der Waals surface area contributed by atoms with E-state index in [9.17, 15) is 14.8 Å². The van der Waals surface area contributed by atoms with E-state index in [4.69, 9.17) is 9.47 Å². The monoisotopic (exact) mass is 484 g/mol. The average Bonchev–Trinajstić information content (AvgIpc) is 3.19. The van der Waals surface area contributed by atoms with Crippen LogP contribution >= 0.6 is 0 Å². The third-order valence-corrected chi connectivity index (χ3v) is 6.40. The minimum Gasteiger partial charge on any atom is -0.488 e.